The Morgan fingerprint density at radius 2 is 1.81 bits per heavy atom. The van der Waals surface area contributed by atoms with E-state index >= 15 is 0 Å². The Hall–Kier alpha value is -1.98. The third-order valence-corrected chi connectivity index (χ3v) is 1.99. The number of hydrogen-bond donors (Lipinski definition) is 1. The molecule has 0 radical (unpaired) electrons. The first-order chi connectivity index (χ1) is 7.69. The maximum absolute atomic E-state index is 13.3. The van der Waals surface area contributed by atoms with Gasteiger partial charge in [-0.15, -0.1) is 0 Å². The third-order valence-electron chi connectivity index (χ3n) is 1.99. The summed E-state index contributed by atoms with van der Waals surface area (Å²) in [5.74, 6) is -1.50. The van der Waals surface area contributed by atoms with Crippen molar-refractivity contribution in [1.82, 2.24) is 5.32 Å². The van der Waals surface area contributed by atoms with Crippen molar-refractivity contribution in [3.8, 4) is 12.1 Å². The first-order valence-electron chi connectivity index (χ1n) is 4.64. The number of halogens is 2. The lowest BCUT2D eigenvalue weighted by atomic mass is 10.1. The van der Waals surface area contributed by atoms with E-state index in [-0.39, 0.29) is 24.1 Å². The first kappa shape index (κ1) is 12.1. The summed E-state index contributed by atoms with van der Waals surface area (Å²) >= 11 is 0. The van der Waals surface area contributed by atoms with Gasteiger partial charge in [0.15, 0.2) is 0 Å². The van der Waals surface area contributed by atoms with E-state index in [1.165, 1.54) is 0 Å². The fraction of sp³-hybridized carbons (Fsp3) is 0.273. The lowest BCUT2D eigenvalue weighted by Crippen LogP contribution is -2.16. The van der Waals surface area contributed by atoms with E-state index in [1.54, 1.807) is 6.07 Å². The maximum Gasteiger partial charge on any atom is 0.131 e. The molecule has 0 unspecified atom stereocenters. The van der Waals surface area contributed by atoms with E-state index in [4.69, 9.17) is 10.5 Å². The summed E-state index contributed by atoms with van der Waals surface area (Å²) in [6.07, 6.45) is 0.277. The fourth-order valence-electron chi connectivity index (χ4n) is 1.19. The molecular weight excluding hydrogens is 212 g/mol. The van der Waals surface area contributed by atoms with E-state index in [0.717, 1.165) is 12.1 Å². The quantitative estimate of drug-likeness (QED) is 0.789. The number of hydrogen-bond acceptors (Lipinski definition) is 3. The van der Waals surface area contributed by atoms with Gasteiger partial charge < -0.3 is 5.32 Å². The van der Waals surface area contributed by atoms with Gasteiger partial charge in [-0.3, -0.25) is 0 Å². The molecule has 0 saturated carbocycles. The van der Waals surface area contributed by atoms with Crippen LogP contribution in [0.5, 0.6) is 0 Å². The van der Waals surface area contributed by atoms with Crippen LogP contribution in [0.15, 0.2) is 12.1 Å². The van der Waals surface area contributed by atoms with Crippen LogP contribution >= 0.6 is 0 Å². The Labute approximate surface area is 91.9 Å². The van der Waals surface area contributed by atoms with Crippen LogP contribution in [-0.4, -0.2) is 6.54 Å². The van der Waals surface area contributed by atoms with Gasteiger partial charge in [0.25, 0.3) is 0 Å². The Kier molecular flexibility index (Phi) is 4.38. The van der Waals surface area contributed by atoms with E-state index in [2.05, 4.69) is 5.32 Å². The molecule has 0 amide bonds. The maximum atomic E-state index is 13.3. The summed E-state index contributed by atoms with van der Waals surface area (Å²) in [4.78, 5) is 0. The monoisotopic (exact) mass is 221 g/mol. The molecule has 0 aliphatic rings. The summed E-state index contributed by atoms with van der Waals surface area (Å²) in [5, 5.41) is 19.5. The van der Waals surface area contributed by atoms with Crippen molar-refractivity contribution >= 4 is 0 Å². The molecule has 0 atom stereocenters. The van der Waals surface area contributed by atoms with Gasteiger partial charge in [0.2, 0.25) is 0 Å². The highest BCUT2D eigenvalue weighted by molar-refractivity contribution is 5.34. The molecule has 1 N–H and O–H groups in total. The summed E-state index contributed by atoms with van der Waals surface area (Å²) in [5.41, 5.74) is -0.160. The van der Waals surface area contributed by atoms with Gasteiger partial charge in [-0.1, -0.05) is 0 Å². The predicted molar refractivity (Wildman–Crippen MR) is 53.0 cm³/mol. The van der Waals surface area contributed by atoms with E-state index in [1.807, 2.05) is 6.07 Å². The molecule has 1 rings (SSSR count). The smallest absolute Gasteiger partial charge is 0.131 e. The summed E-state index contributed by atoms with van der Waals surface area (Å²) in [6.45, 7) is 0.375. The summed E-state index contributed by atoms with van der Waals surface area (Å²) < 4.78 is 26.6. The third kappa shape index (κ3) is 3.01. The van der Waals surface area contributed by atoms with Gasteiger partial charge in [-0.05, 0) is 12.1 Å². The Bertz CT molecular complexity index is 434. The largest absolute Gasteiger partial charge is 0.311 e. The van der Waals surface area contributed by atoms with Crippen molar-refractivity contribution in [2.75, 3.05) is 6.54 Å². The average Bonchev–Trinajstić information content (AvgIpc) is 2.26. The molecule has 0 aromatic heterocycles. The molecule has 82 valence electrons. The zero-order chi connectivity index (χ0) is 12.0. The van der Waals surface area contributed by atoms with Crippen LogP contribution < -0.4 is 5.32 Å². The number of nitrogens with one attached hydrogen (secondary N) is 1. The van der Waals surface area contributed by atoms with Gasteiger partial charge in [0.1, 0.15) is 11.6 Å². The highest BCUT2D eigenvalue weighted by atomic mass is 19.1. The van der Waals surface area contributed by atoms with Crippen molar-refractivity contribution in [2.24, 2.45) is 0 Å². The molecule has 0 saturated heterocycles. The average molecular weight is 221 g/mol. The minimum Gasteiger partial charge on any atom is -0.311 e. The van der Waals surface area contributed by atoms with Gasteiger partial charge in [0, 0.05) is 25.1 Å². The normalized spacial score (nSPS) is 9.50. The van der Waals surface area contributed by atoms with Crippen LogP contribution in [0.4, 0.5) is 8.78 Å². The number of rotatable bonds is 4. The van der Waals surface area contributed by atoms with Crippen molar-refractivity contribution in [1.29, 1.82) is 10.5 Å². The minimum absolute atomic E-state index is 0.00502. The second-order valence-corrected chi connectivity index (χ2v) is 3.12. The van der Waals surface area contributed by atoms with Crippen LogP contribution in [0, 0.1) is 34.3 Å². The number of nitrogens with zero attached hydrogens (tertiary/aromatic N) is 2. The first-order valence-corrected chi connectivity index (χ1v) is 4.64. The molecule has 1 aromatic carbocycles. The van der Waals surface area contributed by atoms with Crippen LogP contribution in [0.2, 0.25) is 0 Å². The Morgan fingerprint density at radius 3 is 2.31 bits per heavy atom. The van der Waals surface area contributed by atoms with Gasteiger partial charge >= 0.3 is 0 Å². The van der Waals surface area contributed by atoms with Crippen molar-refractivity contribution < 1.29 is 8.78 Å². The molecule has 0 bridgehead atoms. The number of benzene rings is 1. The summed E-state index contributed by atoms with van der Waals surface area (Å²) in [6, 6.07) is 5.56. The SMILES string of the molecule is N#CCCNCc1c(F)cc(C#N)cc1F. The molecular formula is C11H9F2N3. The zero-order valence-corrected chi connectivity index (χ0v) is 8.43. The van der Waals surface area contributed by atoms with Crippen molar-refractivity contribution in [2.45, 2.75) is 13.0 Å². The van der Waals surface area contributed by atoms with Gasteiger partial charge in [-0.25, -0.2) is 8.78 Å². The van der Waals surface area contributed by atoms with E-state index in [0.29, 0.717) is 6.54 Å². The van der Waals surface area contributed by atoms with Crippen molar-refractivity contribution in [3.63, 3.8) is 0 Å². The van der Waals surface area contributed by atoms with E-state index < -0.39 is 11.6 Å². The zero-order valence-electron chi connectivity index (χ0n) is 8.43. The molecule has 0 heterocycles. The number of nitriles is 2. The molecule has 16 heavy (non-hydrogen) atoms. The molecule has 0 spiro atoms. The van der Waals surface area contributed by atoms with Gasteiger partial charge in [0.05, 0.1) is 17.7 Å². The highest BCUT2D eigenvalue weighted by Crippen LogP contribution is 2.14. The van der Waals surface area contributed by atoms with E-state index in [9.17, 15) is 8.78 Å². The fourth-order valence-corrected chi connectivity index (χ4v) is 1.19. The molecule has 1 aromatic rings. The summed E-state index contributed by atoms with van der Waals surface area (Å²) in [7, 11) is 0. The lowest BCUT2D eigenvalue weighted by Gasteiger charge is -2.06. The molecule has 3 nitrogen and oxygen atoms in total. The molecule has 0 aliphatic carbocycles. The van der Waals surface area contributed by atoms with Crippen LogP contribution in [0.3, 0.4) is 0 Å². The Morgan fingerprint density at radius 1 is 1.19 bits per heavy atom. The lowest BCUT2D eigenvalue weighted by molar-refractivity contribution is 0.536. The van der Waals surface area contributed by atoms with Gasteiger partial charge in [-0.2, -0.15) is 10.5 Å². The van der Waals surface area contributed by atoms with Crippen molar-refractivity contribution in [3.05, 3.63) is 34.9 Å². The molecule has 5 heteroatoms. The van der Waals surface area contributed by atoms with Crippen LogP contribution in [0.25, 0.3) is 0 Å². The molecule has 0 aliphatic heterocycles. The predicted octanol–water partition coefficient (Wildman–Crippen LogP) is 1.84. The topological polar surface area (TPSA) is 59.6 Å². The Balaban J connectivity index is 2.74. The highest BCUT2D eigenvalue weighted by Gasteiger charge is 2.10. The second-order valence-electron chi connectivity index (χ2n) is 3.12. The minimum atomic E-state index is -0.749. The van der Waals surface area contributed by atoms with Crippen LogP contribution in [0.1, 0.15) is 17.5 Å². The van der Waals surface area contributed by atoms with Crippen LogP contribution in [-0.2, 0) is 6.54 Å². The molecule has 0 fully saturated rings. The standard InChI is InChI=1S/C11H9F2N3/c12-10-4-8(6-15)5-11(13)9(10)7-16-3-1-2-14/h4-5,16H,1,3,7H2. The second kappa shape index (κ2) is 5.79.